The molecule has 2 heterocycles. The molecule has 0 spiro atoms. The summed E-state index contributed by atoms with van der Waals surface area (Å²) in [7, 11) is 0. The van der Waals surface area contributed by atoms with Crippen LogP contribution in [-0.2, 0) is 0 Å². The van der Waals surface area contributed by atoms with E-state index in [0.717, 1.165) is 16.4 Å². The monoisotopic (exact) mass is 215 g/mol. The molecule has 2 rings (SSSR count). The molecule has 0 saturated carbocycles. The fourth-order valence-electron chi connectivity index (χ4n) is 2.72. The summed E-state index contributed by atoms with van der Waals surface area (Å²) in [5.74, 6) is 0. The molecule has 0 amide bonds. The van der Waals surface area contributed by atoms with E-state index < -0.39 is 0 Å². The molecule has 2 bridgehead atoms. The Morgan fingerprint density at radius 2 is 1.62 bits per heavy atom. The van der Waals surface area contributed by atoms with Gasteiger partial charge in [-0.15, -0.1) is 11.8 Å². The predicted octanol–water partition coefficient (Wildman–Crippen LogP) is 3.04. The lowest BCUT2D eigenvalue weighted by Crippen LogP contribution is -2.51. The summed E-state index contributed by atoms with van der Waals surface area (Å²) in [6, 6.07) is 1.57. The maximum absolute atomic E-state index is 5.42. The molecular weight excluding hydrogens is 198 g/mol. The van der Waals surface area contributed by atoms with E-state index in [1.165, 1.54) is 38.5 Å². The first-order valence-corrected chi connectivity index (χ1v) is 6.82. The van der Waals surface area contributed by atoms with E-state index >= 15 is 0 Å². The third kappa shape index (κ3) is 1.86. The highest BCUT2D eigenvalue weighted by atomic mass is 32.2. The second kappa shape index (κ2) is 4.18. The summed E-state index contributed by atoms with van der Waals surface area (Å²) in [5, 5.41) is 0. The SMILES string of the molecule is CSC(=S)N1C2CCCC1CCC2. The van der Waals surface area contributed by atoms with Crippen molar-refractivity contribution in [3.05, 3.63) is 0 Å². The quantitative estimate of drug-likeness (QED) is 0.572. The molecule has 74 valence electrons. The van der Waals surface area contributed by atoms with Crippen LogP contribution >= 0.6 is 24.0 Å². The largest absolute Gasteiger partial charge is 0.352 e. The van der Waals surface area contributed by atoms with Gasteiger partial charge < -0.3 is 4.90 Å². The molecule has 3 heteroatoms. The molecule has 2 aliphatic rings. The van der Waals surface area contributed by atoms with Crippen molar-refractivity contribution in [3.8, 4) is 0 Å². The van der Waals surface area contributed by atoms with Crippen molar-refractivity contribution in [3.63, 3.8) is 0 Å². The van der Waals surface area contributed by atoms with Gasteiger partial charge in [-0.25, -0.2) is 0 Å². The Morgan fingerprint density at radius 3 is 2.00 bits per heavy atom. The van der Waals surface area contributed by atoms with Gasteiger partial charge in [0.05, 0.1) is 0 Å². The molecule has 0 radical (unpaired) electrons. The summed E-state index contributed by atoms with van der Waals surface area (Å²) in [6.45, 7) is 0. The zero-order valence-electron chi connectivity index (χ0n) is 8.16. The fraction of sp³-hybridized carbons (Fsp3) is 0.900. The predicted molar refractivity (Wildman–Crippen MR) is 63.2 cm³/mol. The number of thioether (sulfide) groups is 1. The Morgan fingerprint density at radius 1 is 1.15 bits per heavy atom. The van der Waals surface area contributed by atoms with Gasteiger partial charge in [-0.05, 0) is 44.8 Å². The maximum Gasteiger partial charge on any atom is 0.136 e. The first-order chi connectivity index (χ1) is 6.33. The average molecular weight is 215 g/mol. The lowest BCUT2D eigenvalue weighted by atomic mass is 9.85. The molecule has 0 aliphatic carbocycles. The summed E-state index contributed by atoms with van der Waals surface area (Å²) < 4.78 is 1.13. The summed E-state index contributed by atoms with van der Waals surface area (Å²) in [4.78, 5) is 2.53. The second-order valence-electron chi connectivity index (χ2n) is 4.05. The highest BCUT2D eigenvalue weighted by molar-refractivity contribution is 8.22. The fourth-order valence-corrected chi connectivity index (χ4v) is 3.53. The normalized spacial score (nSPS) is 33.2. The standard InChI is InChI=1S/C10H17NS2/c1-13-10(12)11-8-4-2-5-9(11)7-3-6-8/h8-9H,2-7H2,1H3. The number of hydrogen-bond acceptors (Lipinski definition) is 2. The molecule has 0 N–H and O–H groups in total. The van der Waals surface area contributed by atoms with Crippen molar-refractivity contribution in [1.82, 2.24) is 4.90 Å². The van der Waals surface area contributed by atoms with Gasteiger partial charge in [0.2, 0.25) is 0 Å². The Bertz CT molecular complexity index is 183. The van der Waals surface area contributed by atoms with E-state index in [4.69, 9.17) is 12.2 Å². The molecule has 0 atom stereocenters. The van der Waals surface area contributed by atoms with E-state index in [9.17, 15) is 0 Å². The highest BCUT2D eigenvalue weighted by Crippen LogP contribution is 2.35. The van der Waals surface area contributed by atoms with Gasteiger partial charge in [0.25, 0.3) is 0 Å². The maximum atomic E-state index is 5.42. The van der Waals surface area contributed by atoms with Crippen LogP contribution in [-0.4, -0.2) is 27.6 Å². The van der Waals surface area contributed by atoms with Crippen molar-refractivity contribution >= 4 is 28.3 Å². The van der Waals surface area contributed by atoms with E-state index in [1.54, 1.807) is 11.8 Å². The summed E-state index contributed by atoms with van der Waals surface area (Å²) in [5.41, 5.74) is 0. The van der Waals surface area contributed by atoms with Gasteiger partial charge in [0.1, 0.15) is 4.32 Å². The minimum absolute atomic E-state index is 0.785. The lowest BCUT2D eigenvalue weighted by molar-refractivity contribution is 0.117. The molecule has 2 fully saturated rings. The number of piperidine rings is 2. The molecule has 13 heavy (non-hydrogen) atoms. The number of hydrogen-bond donors (Lipinski definition) is 0. The van der Waals surface area contributed by atoms with E-state index in [0.29, 0.717) is 0 Å². The third-order valence-electron chi connectivity index (χ3n) is 3.32. The van der Waals surface area contributed by atoms with Crippen LogP contribution in [0, 0.1) is 0 Å². The number of thiocarbonyl (C=S) groups is 1. The number of nitrogens with zero attached hydrogens (tertiary/aromatic N) is 1. The van der Waals surface area contributed by atoms with Gasteiger partial charge in [-0.1, -0.05) is 12.2 Å². The van der Waals surface area contributed by atoms with Crippen LogP contribution in [0.2, 0.25) is 0 Å². The summed E-state index contributed by atoms with van der Waals surface area (Å²) >= 11 is 7.16. The van der Waals surface area contributed by atoms with Crippen molar-refractivity contribution in [2.24, 2.45) is 0 Å². The smallest absolute Gasteiger partial charge is 0.136 e. The Hall–Kier alpha value is 0.240. The number of rotatable bonds is 0. The van der Waals surface area contributed by atoms with Crippen LogP contribution in [0.1, 0.15) is 38.5 Å². The van der Waals surface area contributed by atoms with Crippen LogP contribution < -0.4 is 0 Å². The molecular formula is C10H17NS2. The molecule has 0 unspecified atom stereocenters. The molecule has 1 nitrogen and oxygen atoms in total. The van der Waals surface area contributed by atoms with E-state index in [-0.39, 0.29) is 0 Å². The Kier molecular flexibility index (Phi) is 3.14. The van der Waals surface area contributed by atoms with Gasteiger partial charge in [0.15, 0.2) is 0 Å². The first kappa shape index (κ1) is 9.78. The van der Waals surface area contributed by atoms with Crippen LogP contribution in [0.25, 0.3) is 0 Å². The molecule has 0 aromatic carbocycles. The van der Waals surface area contributed by atoms with Crippen LogP contribution in [0.15, 0.2) is 0 Å². The average Bonchev–Trinajstić information content (AvgIpc) is 2.15. The van der Waals surface area contributed by atoms with Crippen molar-refractivity contribution in [2.45, 2.75) is 50.6 Å². The van der Waals surface area contributed by atoms with E-state index in [1.807, 2.05) is 0 Å². The zero-order chi connectivity index (χ0) is 9.26. The van der Waals surface area contributed by atoms with Crippen LogP contribution in [0.5, 0.6) is 0 Å². The second-order valence-corrected chi connectivity index (χ2v) is 5.49. The van der Waals surface area contributed by atoms with Gasteiger partial charge in [-0.3, -0.25) is 0 Å². The van der Waals surface area contributed by atoms with Gasteiger partial charge >= 0.3 is 0 Å². The lowest BCUT2D eigenvalue weighted by Gasteiger charge is -2.47. The molecule has 2 aliphatic heterocycles. The van der Waals surface area contributed by atoms with Crippen molar-refractivity contribution in [2.75, 3.05) is 6.26 Å². The molecule has 0 aromatic rings. The minimum atomic E-state index is 0.785. The minimum Gasteiger partial charge on any atom is -0.352 e. The van der Waals surface area contributed by atoms with E-state index in [2.05, 4.69) is 11.2 Å². The third-order valence-corrected chi connectivity index (χ3v) is 4.59. The van der Waals surface area contributed by atoms with Crippen molar-refractivity contribution in [1.29, 1.82) is 0 Å². The Balaban J connectivity index is 2.10. The molecule has 2 saturated heterocycles. The van der Waals surface area contributed by atoms with Crippen LogP contribution in [0.3, 0.4) is 0 Å². The molecule has 0 aromatic heterocycles. The Labute approximate surface area is 90.3 Å². The first-order valence-electron chi connectivity index (χ1n) is 5.19. The van der Waals surface area contributed by atoms with Gasteiger partial charge in [-0.2, -0.15) is 0 Å². The number of fused-ring (bicyclic) bond motifs is 2. The summed E-state index contributed by atoms with van der Waals surface area (Å²) in [6.07, 6.45) is 10.4. The van der Waals surface area contributed by atoms with Crippen LogP contribution in [0.4, 0.5) is 0 Å². The topological polar surface area (TPSA) is 3.24 Å². The zero-order valence-corrected chi connectivity index (χ0v) is 9.79. The highest BCUT2D eigenvalue weighted by Gasteiger charge is 2.34. The van der Waals surface area contributed by atoms with Gasteiger partial charge in [0, 0.05) is 12.1 Å². The van der Waals surface area contributed by atoms with Crippen molar-refractivity contribution < 1.29 is 0 Å².